The van der Waals surface area contributed by atoms with E-state index in [1.807, 2.05) is 6.07 Å². The number of nitrogens with zero attached hydrogens (tertiary/aromatic N) is 1. The van der Waals surface area contributed by atoms with Crippen LogP contribution in [0.15, 0.2) is 23.2 Å². The number of rotatable bonds is 1. The highest BCUT2D eigenvalue weighted by molar-refractivity contribution is 8.14. The summed E-state index contributed by atoms with van der Waals surface area (Å²) in [5, 5.41) is 4.43. The van der Waals surface area contributed by atoms with Gasteiger partial charge in [-0.3, -0.25) is 4.99 Å². The zero-order valence-corrected chi connectivity index (χ0v) is 11.1. The van der Waals surface area contributed by atoms with Gasteiger partial charge in [-0.25, -0.2) is 4.39 Å². The number of aliphatic imine (C=N–C) groups is 1. The van der Waals surface area contributed by atoms with Crippen molar-refractivity contribution in [3.8, 4) is 0 Å². The van der Waals surface area contributed by atoms with Crippen molar-refractivity contribution in [3.63, 3.8) is 0 Å². The molecule has 2 rings (SSSR count). The van der Waals surface area contributed by atoms with Crippen LogP contribution < -0.4 is 5.32 Å². The molecule has 1 aromatic rings. The highest BCUT2D eigenvalue weighted by Crippen LogP contribution is 2.27. The Bertz CT molecular complexity index is 445. The average molecular weight is 252 g/mol. The molecular weight excluding hydrogens is 235 g/mol. The molecule has 0 saturated heterocycles. The maximum absolute atomic E-state index is 13.8. The first-order valence-electron chi connectivity index (χ1n) is 5.83. The summed E-state index contributed by atoms with van der Waals surface area (Å²) < 4.78 is 13.8. The number of benzene rings is 1. The van der Waals surface area contributed by atoms with Crippen molar-refractivity contribution in [1.82, 2.24) is 0 Å². The molecule has 1 aliphatic heterocycles. The van der Waals surface area contributed by atoms with E-state index in [1.54, 1.807) is 30.8 Å². The highest BCUT2D eigenvalue weighted by atomic mass is 32.2. The molecule has 1 aromatic carbocycles. The van der Waals surface area contributed by atoms with E-state index in [2.05, 4.69) is 24.2 Å². The molecule has 0 spiro atoms. The summed E-state index contributed by atoms with van der Waals surface area (Å²) in [7, 11) is 0. The lowest BCUT2D eigenvalue weighted by Gasteiger charge is -2.23. The second-order valence-corrected chi connectivity index (χ2v) is 5.94. The van der Waals surface area contributed by atoms with Gasteiger partial charge in [-0.15, -0.1) is 0 Å². The minimum absolute atomic E-state index is 0.193. The fourth-order valence-electron chi connectivity index (χ4n) is 1.92. The van der Waals surface area contributed by atoms with Crippen LogP contribution in [0.25, 0.3) is 0 Å². The van der Waals surface area contributed by atoms with Gasteiger partial charge in [0.25, 0.3) is 0 Å². The Morgan fingerprint density at radius 1 is 1.41 bits per heavy atom. The summed E-state index contributed by atoms with van der Waals surface area (Å²) in [5.41, 5.74) is 1.16. The molecule has 92 valence electrons. The Balaban J connectivity index is 2.18. The van der Waals surface area contributed by atoms with Crippen molar-refractivity contribution >= 4 is 22.6 Å². The van der Waals surface area contributed by atoms with Crippen LogP contribution in [-0.2, 0) is 0 Å². The number of halogens is 1. The van der Waals surface area contributed by atoms with E-state index in [4.69, 9.17) is 0 Å². The first kappa shape index (κ1) is 12.4. The summed E-state index contributed by atoms with van der Waals surface area (Å²) in [6, 6.07) is 5.67. The Labute approximate surface area is 106 Å². The molecular formula is C13H17FN2S. The molecule has 0 fully saturated rings. The zero-order chi connectivity index (χ0) is 12.4. The number of aryl methyl sites for hydroxylation is 1. The van der Waals surface area contributed by atoms with E-state index in [1.165, 1.54) is 0 Å². The SMILES string of the molecule is Cc1cccc(NC2=NC(C)CC(C)S2)c1F. The van der Waals surface area contributed by atoms with Gasteiger partial charge in [-0.1, -0.05) is 30.8 Å². The van der Waals surface area contributed by atoms with Crippen LogP contribution in [0.4, 0.5) is 10.1 Å². The van der Waals surface area contributed by atoms with Crippen LogP contribution in [-0.4, -0.2) is 16.5 Å². The quantitative estimate of drug-likeness (QED) is 0.821. The van der Waals surface area contributed by atoms with Gasteiger partial charge < -0.3 is 5.32 Å². The third-order valence-corrected chi connectivity index (χ3v) is 3.78. The summed E-state index contributed by atoms with van der Waals surface area (Å²) in [5.74, 6) is -0.193. The standard InChI is InChI=1S/C13H17FN2S/c1-8-5-4-6-11(12(8)14)16-13-15-9(2)7-10(3)17-13/h4-6,9-10H,7H2,1-3H3,(H,15,16). The maximum atomic E-state index is 13.8. The smallest absolute Gasteiger partial charge is 0.161 e. The normalized spacial score (nSPS) is 24.4. The molecule has 1 aliphatic rings. The lowest BCUT2D eigenvalue weighted by atomic mass is 10.2. The van der Waals surface area contributed by atoms with E-state index in [-0.39, 0.29) is 5.82 Å². The van der Waals surface area contributed by atoms with Gasteiger partial charge in [0.1, 0.15) is 5.82 Å². The van der Waals surface area contributed by atoms with E-state index >= 15 is 0 Å². The molecule has 2 atom stereocenters. The predicted molar refractivity (Wildman–Crippen MR) is 73.3 cm³/mol. The Kier molecular flexibility index (Phi) is 3.72. The Morgan fingerprint density at radius 3 is 2.88 bits per heavy atom. The van der Waals surface area contributed by atoms with Gasteiger partial charge in [0.05, 0.1) is 11.7 Å². The molecule has 2 nitrogen and oxygen atoms in total. The van der Waals surface area contributed by atoms with Crippen LogP contribution in [0, 0.1) is 12.7 Å². The van der Waals surface area contributed by atoms with Crippen molar-refractivity contribution < 1.29 is 4.39 Å². The number of nitrogens with one attached hydrogen (secondary N) is 1. The molecule has 1 N–H and O–H groups in total. The molecule has 0 aromatic heterocycles. The number of hydrogen-bond acceptors (Lipinski definition) is 3. The fourth-order valence-corrected chi connectivity index (χ4v) is 3.09. The molecule has 0 amide bonds. The summed E-state index contributed by atoms with van der Waals surface area (Å²) >= 11 is 1.67. The Morgan fingerprint density at radius 2 is 2.18 bits per heavy atom. The lowest BCUT2D eigenvalue weighted by Crippen LogP contribution is -2.23. The second kappa shape index (κ2) is 5.08. The summed E-state index contributed by atoms with van der Waals surface area (Å²) in [4.78, 5) is 4.50. The summed E-state index contributed by atoms with van der Waals surface area (Å²) in [6.45, 7) is 6.02. The third-order valence-electron chi connectivity index (χ3n) is 2.76. The maximum Gasteiger partial charge on any atom is 0.161 e. The van der Waals surface area contributed by atoms with Crippen molar-refractivity contribution in [2.24, 2.45) is 4.99 Å². The minimum atomic E-state index is -0.193. The lowest BCUT2D eigenvalue weighted by molar-refractivity contribution is 0.622. The van der Waals surface area contributed by atoms with Crippen LogP contribution in [0.2, 0.25) is 0 Å². The minimum Gasteiger partial charge on any atom is -0.333 e. The molecule has 2 unspecified atom stereocenters. The van der Waals surface area contributed by atoms with Crippen molar-refractivity contribution in [2.45, 2.75) is 38.5 Å². The molecule has 17 heavy (non-hydrogen) atoms. The monoisotopic (exact) mass is 252 g/mol. The third kappa shape index (κ3) is 3.00. The highest BCUT2D eigenvalue weighted by Gasteiger charge is 2.19. The summed E-state index contributed by atoms with van der Waals surface area (Å²) in [6.07, 6.45) is 1.08. The average Bonchev–Trinajstić information content (AvgIpc) is 2.23. The van der Waals surface area contributed by atoms with Crippen LogP contribution in [0.1, 0.15) is 25.8 Å². The second-order valence-electron chi connectivity index (χ2n) is 4.51. The number of hydrogen-bond donors (Lipinski definition) is 1. The number of thioether (sulfide) groups is 1. The fraction of sp³-hybridized carbons (Fsp3) is 0.462. The molecule has 0 bridgehead atoms. The molecule has 0 radical (unpaired) electrons. The van der Waals surface area contributed by atoms with Gasteiger partial charge in [-0.2, -0.15) is 0 Å². The Hall–Kier alpha value is -1.03. The number of amidine groups is 1. The van der Waals surface area contributed by atoms with Crippen molar-refractivity contribution in [1.29, 1.82) is 0 Å². The van der Waals surface area contributed by atoms with Gasteiger partial charge in [0, 0.05) is 5.25 Å². The first-order chi connectivity index (χ1) is 8.06. The van der Waals surface area contributed by atoms with Crippen molar-refractivity contribution in [3.05, 3.63) is 29.6 Å². The van der Waals surface area contributed by atoms with Gasteiger partial charge in [0.15, 0.2) is 5.17 Å². The van der Waals surface area contributed by atoms with Crippen LogP contribution in [0.5, 0.6) is 0 Å². The van der Waals surface area contributed by atoms with Gasteiger partial charge in [0.2, 0.25) is 0 Å². The van der Waals surface area contributed by atoms with Gasteiger partial charge >= 0.3 is 0 Å². The van der Waals surface area contributed by atoms with Crippen LogP contribution in [0.3, 0.4) is 0 Å². The molecule has 0 saturated carbocycles. The van der Waals surface area contributed by atoms with E-state index in [9.17, 15) is 4.39 Å². The van der Waals surface area contributed by atoms with E-state index < -0.39 is 0 Å². The molecule has 4 heteroatoms. The first-order valence-corrected chi connectivity index (χ1v) is 6.71. The van der Waals surface area contributed by atoms with Crippen molar-refractivity contribution in [2.75, 3.05) is 5.32 Å². The van der Waals surface area contributed by atoms with E-state index in [0.29, 0.717) is 22.5 Å². The number of anilines is 1. The topological polar surface area (TPSA) is 24.4 Å². The van der Waals surface area contributed by atoms with E-state index in [0.717, 1.165) is 11.6 Å². The van der Waals surface area contributed by atoms with Gasteiger partial charge in [-0.05, 0) is 31.9 Å². The van der Waals surface area contributed by atoms with Crippen LogP contribution >= 0.6 is 11.8 Å². The molecule has 1 heterocycles. The largest absolute Gasteiger partial charge is 0.333 e. The zero-order valence-electron chi connectivity index (χ0n) is 10.3. The predicted octanol–water partition coefficient (Wildman–Crippen LogP) is 3.82. The molecule has 0 aliphatic carbocycles.